The van der Waals surface area contributed by atoms with Crippen LogP contribution in [0.25, 0.3) is 0 Å². The maximum Gasteiger partial charge on any atom is 0.220 e. The SMILES string of the molecule is NC(CCC(=O)NC1CCS(=O)CC1)c1ccccc1. The van der Waals surface area contributed by atoms with Gasteiger partial charge in [-0.15, -0.1) is 0 Å². The molecule has 1 aliphatic heterocycles. The van der Waals surface area contributed by atoms with Gasteiger partial charge in [-0.2, -0.15) is 0 Å². The predicted molar refractivity (Wildman–Crippen MR) is 81.6 cm³/mol. The molecule has 1 unspecified atom stereocenters. The monoisotopic (exact) mass is 294 g/mol. The average molecular weight is 294 g/mol. The Labute approximate surface area is 122 Å². The fraction of sp³-hybridized carbons (Fsp3) is 0.533. The van der Waals surface area contributed by atoms with Crippen molar-refractivity contribution in [1.29, 1.82) is 0 Å². The van der Waals surface area contributed by atoms with Gasteiger partial charge in [-0.05, 0) is 24.8 Å². The van der Waals surface area contributed by atoms with Crippen molar-refractivity contribution in [2.75, 3.05) is 11.5 Å². The Kier molecular flexibility index (Phi) is 5.73. The highest BCUT2D eigenvalue weighted by Gasteiger charge is 2.19. The van der Waals surface area contributed by atoms with Crippen molar-refractivity contribution < 1.29 is 9.00 Å². The van der Waals surface area contributed by atoms with Crippen LogP contribution < -0.4 is 11.1 Å². The van der Waals surface area contributed by atoms with Crippen molar-refractivity contribution in [2.45, 2.75) is 37.8 Å². The third kappa shape index (κ3) is 4.72. The normalized spacial score (nSPS) is 24.1. The van der Waals surface area contributed by atoms with Gasteiger partial charge >= 0.3 is 0 Å². The molecule has 20 heavy (non-hydrogen) atoms. The molecule has 1 heterocycles. The lowest BCUT2D eigenvalue weighted by Gasteiger charge is -2.22. The molecule has 0 radical (unpaired) electrons. The molecular formula is C15H22N2O2S. The molecule has 0 bridgehead atoms. The smallest absolute Gasteiger partial charge is 0.220 e. The molecule has 1 fully saturated rings. The molecule has 5 heteroatoms. The number of rotatable bonds is 5. The van der Waals surface area contributed by atoms with Gasteiger partial charge in [-0.25, -0.2) is 0 Å². The summed E-state index contributed by atoms with van der Waals surface area (Å²) in [6.07, 6.45) is 2.73. The third-order valence-electron chi connectivity index (χ3n) is 3.66. The average Bonchev–Trinajstić information content (AvgIpc) is 2.48. The first kappa shape index (κ1) is 15.2. The number of amides is 1. The summed E-state index contributed by atoms with van der Waals surface area (Å²) in [5.74, 6) is 1.46. The van der Waals surface area contributed by atoms with Crippen LogP contribution in [-0.4, -0.2) is 27.7 Å². The number of nitrogens with two attached hydrogens (primary N) is 1. The van der Waals surface area contributed by atoms with Gasteiger partial charge in [-0.1, -0.05) is 30.3 Å². The summed E-state index contributed by atoms with van der Waals surface area (Å²) in [5, 5.41) is 3.02. The standard InChI is InChI=1S/C15H22N2O2S/c16-14(12-4-2-1-3-5-12)6-7-15(18)17-13-8-10-20(19)11-9-13/h1-5,13-14H,6-11,16H2,(H,17,18). The summed E-state index contributed by atoms with van der Waals surface area (Å²) in [6, 6.07) is 9.93. The first-order chi connectivity index (χ1) is 9.65. The van der Waals surface area contributed by atoms with Crippen LogP contribution in [0, 0.1) is 0 Å². The van der Waals surface area contributed by atoms with Crippen LogP contribution in [-0.2, 0) is 15.6 Å². The molecule has 1 atom stereocenters. The molecule has 0 aromatic heterocycles. The predicted octanol–water partition coefficient (Wildman–Crippen LogP) is 1.49. The second kappa shape index (κ2) is 7.55. The second-order valence-corrected chi connectivity index (χ2v) is 6.94. The fourth-order valence-corrected chi connectivity index (χ4v) is 3.69. The second-order valence-electron chi connectivity index (χ2n) is 5.25. The van der Waals surface area contributed by atoms with E-state index in [-0.39, 0.29) is 18.0 Å². The summed E-state index contributed by atoms with van der Waals surface area (Å²) in [5.41, 5.74) is 7.14. The van der Waals surface area contributed by atoms with Crippen LogP contribution in [0.5, 0.6) is 0 Å². The van der Waals surface area contributed by atoms with Crippen molar-refractivity contribution >= 4 is 16.7 Å². The van der Waals surface area contributed by atoms with Crippen LogP contribution in [0.3, 0.4) is 0 Å². The van der Waals surface area contributed by atoms with E-state index in [1.54, 1.807) is 0 Å². The topological polar surface area (TPSA) is 72.2 Å². The van der Waals surface area contributed by atoms with Gasteiger partial charge in [0, 0.05) is 40.8 Å². The van der Waals surface area contributed by atoms with Gasteiger partial charge in [-0.3, -0.25) is 9.00 Å². The summed E-state index contributed by atoms with van der Waals surface area (Å²) in [4.78, 5) is 11.9. The highest BCUT2D eigenvalue weighted by Crippen LogP contribution is 2.15. The fourth-order valence-electron chi connectivity index (χ4n) is 2.39. The number of benzene rings is 1. The molecule has 1 aromatic rings. The number of nitrogens with one attached hydrogen (secondary N) is 1. The van der Waals surface area contributed by atoms with Crippen molar-refractivity contribution in [2.24, 2.45) is 5.73 Å². The lowest BCUT2D eigenvalue weighted by atomic mass is 10.0. The van der Waals surface area contributed by atoms with Crippen molar-refractivity contribution in [3.63, 3.8) is 0 Å². The van der Waals surface area contributed by atoms with Gasteiger partial charge in [0.05, 0.1) is 0 Å². The molecule has 1 aliphatic rings. The number of hydrogen-bond donors (Lipinski definition) is 2. The van der Waals surface area contributed by atoms with Gasteiger partial charge in [0.2, 0.25) is 5.91 Å². The van der Waals surface area contributed by atoms with Crippen LogP contribution in [0.1, 0.15) is 37.3 Å². The lowest BCUT2D eigenvalue weighted by Crippen LogP contribution is -2.39. The van der Waals surface area contributed by atoms with E-state index in [0.717, 1.165) is 18.4 Å². The molecule has 0 spiro atoms. The van der Waals surface area contributed by atoms with E-state index in [1.807, 2.05) is 30.3 Å². The minimum Gasteiger partial charge on any atom is -0.353 e. The van der Waals surface area contributed by atoms with Gasteiger partial charge in [0.1, 0.15) is 0 Å². The summed E-state index contributed by atoms with van der Waals surface area (Å²) in [7, 11) is -0.683. The van der Waals surface area contributed by atoms with Crippen LogP contribution >= 0.6 is 0 Å². The zero-order valence-corrected chi connectivity index (χ0v) is 12.4. The Hall–Kier alpha value is -1.20. The molecule has 110 valence electrons. The highest BCUT2D eigenvalue weighted by atomic mass is 32.2. The van der Waals surface area contributed by atoms with Crippen LogP contribution in [0.4, 0.5) is 0 Å². The molecule has 0 aliphatic carbocycles. The number of carbonyl (C=O) groups is 1. The maximum absolute atomic E-state index is 11.9. The number of hydrogen-bond acceptors (Lipinski definition) is 3. The van der Waals surface area contributed by atoms with E-state index in [9.17, 15) is 9.00 Å². The molecule has 1 amide bonds. The Bertz CT molecular complexity index is 454. The summed E-state index contributed by atoms with van der Waals surface area (Å²) in [6.45, 7) is 0. The van der Waals surface area contributed by atoms with E-state index in [2.05, 4.69) is 5.32 Å². The molecule has 0 saturated carbocycles. The zero-order valence-electron chi connectivity index (χ0n) is 11.6. The summed E-state index contributed by atoms with van der Waals surface area (Å²) >= 11 is 0. The van der Waals surface area contributed by atoms with E-state index in [4.69, 9.17) is 5.73 Å². The molecule has 3 N–H and O–H groups in total. The van der Waals surface area contributed by atoms with Crippen molar-refractivity contribution in [3.8, 4) is 0 Å². The van der Waals surface area contributed by atoms with Crippen molar-refractivity contribution in [3.05, 3.63) is 35.9 Å². The third-order valence-corrected chi connectivity index (χ3v) is 5.05. The Balaban J connectivity index is 1.71. The molecule has 1 saturated heterocycles. The largest absolute Gasteiger partial charge is 0.353 e. The molecule has 1 aromatic carbocycles. The molecule has 4 nitrogen and oxygen atoms in total. The maximum atomic E-state index is 11.9. The number of carbonyl (C=O) groups excluding carboxylic acids is 1. The first-order valence-electron chi connectivity index (χ1n) is 7.10. The Morgan fingerprint density at radius 3 is 2.60 bits per heavy atom. The van der Waals surface area contributed by atoms with E-state index >= 15 is 0 Å². The zero-order chi connectivity index (χ0) is 14.4. The van der Waals surface area contributed by atoms with Crippen LogP contribution in [0.2, 0.25) is 0 Å². The van der Waals surface area contributed by atoms with Gasteiger partial charge in [0.25, 0.3) is 0 Å². The molecule has 2 rings (SSSR count). The van der Waals surface area contributed by atoms with E-state index < -0.39 is 10.8 Å². The summed E-state index contributed by atoms with van der Waals surface area (Å²) < 4.78 is 11.2. The minimum absolute atomic E-state index is 0.0501. The Morgan fingerprint density at radius 1 is 1.30 bits per heavy atom. The first-order valence-corrected chi connectivity index (χ1v) is 8.59. The highest BCUT2D eigenvalue weighted by molar-refractivity contribution is 7.85. The van der Waals surface area contributed by atoms with Gasteiger partial charge < -0.3 is 11.1 Å². The van der Waals surface area contributed by atoms with Crippen LogP contribution in [0.15, 0.2) is 30.3 Å². The molecular weight excluding hydrogens is 272 g/mol. The van der Waals surface area contributed by atoms with E-state index in [0.29, 0.717) is 24.3 Å². The minimum atomic E-state index is -0.683. The lowest BCUT2D eigenvalue weighted by molar-refractivity contribution is -0.122. The Morgan fingerprint density at radius 2 is 1.95 bits per heavy atom. The van der Waals surface area contributed by atoms with Gasteiger partial charge in [0.15, 0.2) is 0 Å². The van der Waals surface area contributed by atoms with E-state index in [1.165, 1.54) is 0 Å². The quantitative estimate of drug-likeness (QED) is 0.864. The van der Waals surface area contributed by atoms with Crippen molar-refractivity contribution in [1.82, 2.24) is 5.32 Å².